The predicted molar refractivity (Wildman–Crippen MR) is 103 cm³/mol. The summed E-state index contributed by atoms with van der Waals surface area (Å²) in [7, 11) is 0. The Bertz CT molecular complexity index is 766. The van der Waals surface area contributed by atoms with Crippen LogP contribution in [0.5, 0.6) is 0 Å². The number of benzene rings is 2. The van der Waals surface area contributed by atoms with E-state index < -0.39 is 0 Å². The number of hydrogen-bond acceptors (Lipinski definition) is 2. The van der Waals surface area contributed by atoms with Crippen molar-refractivity contribution in [2.75, 3.05) is 10.6 Å². The summed E-state index contributed by atoms with van der Waals surface area (Å²) >= 11 is 0. The van der Waals surface area contributed by atoms with Crippen LogP contribution in [0.2, 0.25) is 0 Å². The van der Waals surface area contributed by atoms with Crippen LogP contribution in [0, 0.1) is 6.92 Å². The first-order valence-electron chi connectivity index (χ1n) is 8.69. The quantitative estimate of drug-likeness (QED) is 0.753. The van der Waals surface area contributed by atoms with Gasteiger partial charge in [0.2, 0.25) is 11.8 Å². The van der Waals surface area contributed by atoms with Gasteiger partial charge in [-0.15, -0.1) is 0 Å². The van der Waals surface area contributed by atoms with Crippen LogP contribution in [0.4, 0.5) is 11.4 Å². The van der Waals surface area contributed by atoms with E-state index in [1.807, 2.05) is 56.3 Å². The zero-order valence-electron chi connectivity index (χ0n) is 15.3. The summed E-state index contributed by atoms with van der Waals surface area (Å²) in [5.41, 5.74) is 4.70. The van der Waals surface area contributed by atoms with E-state index in [1.165, 1.54) is 0 Å². The normalized spacial score (nSPS) is 10.6. The molecule has 0 unspecified atom stereocenters. The molecule has 2 aromatic rings. The van der Waals surface area contributed by atoms with Crippen LogP contribution in [-0.4, -0.2) is 11.8 Å². The van der Waals surface area contributed by atoms with E-state index in [9.17, 15) is 9.59 Å². The number of nitrogens with one attached hydrogen (secondary N) is 2. The summed E-state index contributed by atoms with van der Waals surface area (Å²) in [6.45, 7) is 8.15. The molecule has 0 aromatic heterocycles. The Hall–Kier alpha value is -2.62. The van der Waals surface area contributed by atoms with Crippen molar-refractivity contribution in [2.45, 2.75) is 46.5 Å². The van der Waals surface area contributed by atoms with Crippen LogP contribution in [0.1, 0.15) is 49.8 Å². The number of carbonyl (C=O) groups excluding carboxylic acids is 2. The van der Waals surface area contributed by atoms with Crippen LogP contribution < -0.4 is 10.6 Å². The molecule has 0 bridgehead atoms. The SMILES string of the molecule is CCc1ccccc1NC(=O)CC(=O)Nc1c(C)cccc1C(C)C. The molecule has 2 amide bonds. The molecule has 25 heavy (non-hydrogen) atoms. The maximum atomic E-state index is 12.3. The van der Waals surface area contributed by atoms with Gasteiger partial charge in [-0.1, -0.05) is 57.2 Å². The molecule has 0 fully saturated rings. The first-order chi connectivity index (χ1) is 11.9. The highest BCUT2D eigenvalue weighted by atomic mass is 16.2. The standard InChI is InChI=1S/C21H26N2O2/c1-5-16-10-6-7-12-18(16)22-19(24)13-20(25)23-21-15(4)9-8-11-17(21)14(2)3/h6-12,14H,5,13H2,1-4H3,(H,22,24)(H,23,25). The smallest absolute Gasteiger partial charge is 0.233 e. The van der Waals surface area contributed by atoms with Crippen LogP contribution in [0.15, 0.2) is 42.5 Å². The summed E-state index contributed by atoms with van der Waals surface area (Å²) in [4.78, 5) is 24.5. The van der Waals surface area contributed by atoms with Gasteiger partial charge >= 0.3 is 0 Å². The van der Waals surface area contributed by atoms with Crippen molar-refractivity contribution in [3.8, 4) is 0 Å². The average Bonchev–Trinajstić information content (AvgIpc) is 2.56. The average molecular weight is 338 g/mol. The van der Waals surface area contributed by atoms with Crippen molar-refractivity contribution in [1.82, 2.24) is 0 Å². The molecule has 4 nitrogen and oxygen atoms in total. The van der Waals surface area contributed by atoms with Gasteiger partial charge in [0.15, 0.2) is 0 Å². The maximum absolute atomic E-state index is 12.3. The third kappa shape index (κ3) is 4.92. The lowest BCUT2D eigenvalue weighted by molar-refractivity contribution is -0.123. The second-order valence-corrected chi connectivity index (χ2v) is 6.48. The van der Waals surface area contributed by atoms with Crippen LogP contribution >= 0.6 is 0 Å². The number of amides is 2. The van der Waals surface area contributed by atoms with E-state index >= 15 is 0 Å². The molecule has 0 aliphatic heterocycles. The summed E-state index contributed by atoms with van der Waals surface area (Å²) in [6, 6.07) is 13.6. The fraction of sp³-hybridized carbons (Fsp3) is 0.333. The van der Waals surface area contributed by atoms with Gasteiger partial charge in [-0.3, -0.25) is 9.59 Å². The molecule has 0 saturated heterocycles. The van der Waals surface area contributed by atoms with E-state index in [-0.39, 0.29) is 18.2 Å². The van der Waals surface area contributed by atoms with Crippen LogP contribution in [-0.2, 0) is 16.0 Å². The highest BCUT2D eigenvalue weighted by Gasteiger charge is 2.15. The summed E-state index contributed by atoms with van der Waals surface area (Å²) in [5.74, 6) is -0.318. The summed E-state index contributed by atoms with van der Waals surface area (Å²) in [6.07, 6.45) is 0.619. The number of rotatable bonds is 6. The monoisotopic (exact) mass is 338 g/mol. The lowest BCUT2D eigenvalue weighted by Crippen LogP contribution is -2.22. The predicted octanol–water partition coefficient (Wildman–Crippen LogP) is 4.65. The van der Waals surface area contributed by atoms with Crippen molar-refractivity contribution in [3.05, 3.63) is 59.2 Å². The molecule has 2 rings (SSSR count). The molecule has 0 radical (unpaired) electrons. The third-order valence-corrected chi connectivity index (χ3v) is 4.18. The molecule has 0 spiro atoms. The van der Waals surface area contributed by atoms with Gasteiger partial charge < -0.3 is 10.6 Å². The molecule has 0 saturated carbocycles. The Kier molecular flexibility index (Phi) is 6.34. The highest BCUT2D eigenvalue weighted by Crippen LogP contribution is 2.27. The van der Waals surface area contributed by atoms with Gasteiger partial charge in [-0.25, -0.2) is 0 Å². The molecule has 2 N–H and O–H groups in total. The van der Waals surface area contributed by atoms with Gasteiger partial charge in [0.05, 0.1) is 0 Å². The molecule has 2 aromatic carbocycles. The second-order valence-electron chi connectivity index (χ2n) is 6.48. The van der Waals surface area contributed by atoms with Crippen LogP contribution in [0.25, 0.3) is 0 Å². The van der Waals surface area contributed by atoms with E-state index in [1.54, 1.807) is 0 Å². The Morgan fingerprint density at radius 1 is 0.960 bits per heavy atom. The Balaban J connectivity index is 2.05. The zero-order chi connectivity index (χ0) is 18.4. The minimum Gasteiger partial charge on any atom is -0.325 e. The summed E-state index contributed by atoms with van der Waals surface area (Å²) in [5, 5.41) is 5.74. The van der Waals surface area contributed by atoms with Crippen molar-refractivity contribution in [1.29, 1.82) is 0 Å². The van der Waals surface area contributed by atoms with Crippen molar-refractivity contribution < 1.29 is 9.59 Å². The Morgan fingerprint density at radius 3 is 2.32 bits per heavy atom. The Labute approximate surface area is 149 Å². The number of hydrogen-bond donors (Lipinski definition) is 2. The maximum Gasteiger partial charge on any atom is 0.233 e. The minimum atomic E-state index is -0.307. The van der Waals surface area contributed by atoms with Gasteiger partial charge in [0.1, 0.15) is 6.42 Å². The largest absolute Gasteiger partial charge is 0.325 e. The second kappa shape index (κ2) is 8.47. The Morgan fingerprint density at radius 2 is 1.64 bits per heavy atom. The van der Waals surface area contributed by atoms with Crippen LogP contribution in [0.3, 0.4) is 0 Å². The van der Waals surface area contributed by atoms with Crippen molar-refractivity contribution in [2.24, 2.45) is 0 Å². The molecule has 132 valence electrons. The van der Waals surface area contributed by atoms with E-state index in [4.69, 9.17) is 0 Å². The fourth-order valence-corrected chi connectivity index (χ4v) is 2.82. The lowest BCUT2D eigenvalue weighted by Gasteiger charge is -2.16. The van der Waals surface area contributed by atoms with Gasteiger partial charge in [-0.2, -0.15) is 0 Å². The number of carbonyl (C=O) groups is 2. The molecule has 0 heterocycles. The molecule has 0 aliphatic carbocycles. The van der Waals surface area contributed by atoms with Gasteiger partial charge in [-0.05, 0) is 42.0 Å². The molecular formula is C21H26N2O2. The van der Waals surface area contributed by atoms with Crippen molar-refractivity contribution in [3.63, 3.8) is 0 Å². The zero-order valence-corrected chi connectivity index (χ0v) is 15.3. The molecule has 4 heteroatoms. The first kappa shape index (κ1) is 18.7. The topological polar surface area (TPSA) is 58.2 Å². The lowest BCUT2D eigenvalue weighted by atomic mass is 9.98. The fourth-order valence-electron chi connectivity index (χ4n) is 2.82. The number of aryl methyl sites for hydroxylation is 2. The van der Waals surface area contributed by atoms with Gasteiger partial charge in [0.25, 0.3) is 0 Å². The molecule has 0 aliphatic rings. The van der Waals surface area contributed by atoms with E-state index in [0.29, 0.717) is 5.92 Å². The molecule has 0 atom stereocenters. The number of anilines is 2. The molecular weight excluding hydrogens is 312 g/mol. The van der Waals surface area contributed by atoms with Crippen molar-refractivity contribution >= 4 is 23.2 Å². The van der Waals surface area contributed by atoms with Gasteiger partial charge in [0, 0.05) is 11.4 Å². The highest BCUT2D eigenvalue weighted by molar-refractivity contribution is 6.08. The van der Waals surface area contributed by atoms with E-state index in [0.717, 1.165) is 34.5 Å². The van der Waals surface area contributed by atoms with E-state index in [2.05, 4.69) is 24.5 Å². The minimum absolute atomic E-state index is 0.204. The third-order valence-electron chi connectivity index (χ3n) is 4.18. The summed E-state index contributed by atoms with van der Waals surface area (Å²) < 4.78 is 0. The first-order valence-corrected chi connectivity index (χ1v) is 8.69. The number of para-hydroxylation sites is 2.